The maximum atomic E-state index is 13.3. The van der Waals surface area contributed by atoms with Crippen molar-refractivity contribution in [3.05, 3.63) is 83.9 Å². The molecule has 0 saturated carbocycles. The lowest BCUT2D eigenvalue weighted by Crippen LogP contribution is -2.05. The van der Waals surface area contributed by atoms with Crippen molar-refractivity contribution in [2.75, 3.05) is 14.2 Å². The number of carbonyl (C=O) groups excluding carboxylic acids is 2. The highest BCUT2D eigenvalue weighted by Gasteiger charge is 2.21. The number of benzene rings is 3. The van der Waals surface area contributed by atoms with E-state index in [2.05, 4.69) is 6.58 Å². The summed E-state index contributed by atoms with van der Waals surface area (Å²) in [5, 5.41) is 21.0. The lowest BCUT2D eigenvalue weighted by molar-refractivity contribution is -0.114. The molecule has 0 aliphatic carbocycles. The fraction of sp³-hybridized carbons (Fsp3) is 0.154. The lowest BCUT2D eigenvalue weighted by atomic mass is 9.91. The van der Waals surface area contributed by atoms with E-state index in [0.29, 0.717) is 40.2 Å². The SMILES string of the molecule is C=CC(=O)CCc1cc(-c2ccccc2C(=O)c2ccc(OC)cc2O)c(O)cc1OC. The van der Waals surface area contributed by atoms with Gasteiger partial charge in [0.2, 0.25) is 0 Å². The molecule has 3 aromatic carbocycles. The summed E-state index contributed by atoms with van der Waals surface area (Å²) >= 11 is 0. The Balaban J connectivity index is 2.09. The van der Waals surface area contributed by atoms with Crippen LogP contribution in [0.5, 0.6) is 23.0 Å². The fourth-order valence-corrected chi connectivity index (χ4v) is 3.47. The number of ketones is 2. The van der Waals surface area contributed by atoms with E-state index in [1.54, 1.807) is 36.4 Å². The number of allylic oxidation sites excluding steroid dienone is 1. The van der Waals surface area contributed by atoms with Crippen LogP contribution in [-0.2, 0) is 11.2 Å². The summed E-state index contributed by atoms with van der Waals surface area (Å²) in [4.78, 5) is 25.0. The van der Waals surface area contributed by atoms with E-state index in [0.717, 1.165) is 0 Å². The molecule has 0 aliphatic rings. The largest absolute Gasteiger partial charge is 0.507 e. The number of rotatable bonds is 9. The van der Waals surface area contributed by atoms with Gasteiger partial charge in [-0.15, -0.1) is 0 Å². The monoisotopic (exact) mass is 432 g/mol. The summed E-state index contributed by atoms with van der Waals surface area (Å²) in [5.74, 6) is 0.0942. The molecular formula is C26H24O6. The van der Waals surface area contributed by atoms with E-state index in [4.69, 9.17) is 9.47 Å². The molecule has 0 bridgehead atoms. The summed E-state index contributed by atoms with van der Waals surface area (Å²) in [6.07, 6.45) is 1.89. The third kappa shape index (κ3) is 4.64. The molecule has 0 heterocycles. The molecule has 0 amide bonds. The number of phenolic OH excluding ortho intramolecular Hbond substituents is 2. The summed E-state index contributed by atoms with van der Waals surface area (Å²) in [7, 11) is 2.95. The van der Waals surface area contributed by atoms with Gasteiger partial charge in [0.25, 0.3) is 0 Å². The number of aryl methyl sites for hydroxylation is 1. The van der Waals surface area contributed by atoms with Crippen LogP contribution >= 0.6 is 0 Å². The molecule has 2 N–H and O–H groups in total. The number of hydrogen-bond donors (Lipinski definition) is 2. The van der Waals surface area contributed by atoms with E-state index < -0.39 is 5.78 Å². The molecule has 0 aromatic heterocycles. The standard InChI is InChI=1S/C26H24O6/c1-4-17(27)10-9-16-13-22(24(29)15-25(16)32-3)19-7-5-6-8-20(19)26(30)21-12-11-18(31-2)14-23(21)28/h4-8,11-15,28-29H,1,9-10H2,2-3H3. The topological polar surface area (TPSA) is 93.1 Å². The quantitative estimate of drug-likeness (QED) is 0.376. The van der Waals surface area contributed by atoms with Gasteiger partial charge >= 0.3 is 0 Å². The second-order valence-corrected chi connectivity index (χ2v) is 7.11. The maximum absolute atomic E-state index is 13.3. The van der Waals surface area contributed by atoms with Gasteiger partial charge < -0.3 is 19.7 Å². The van der Waals surface area contributed by atoms with E-state index in [9.17, 15) is 19.8 Å². The first-order chi connectivity index (χ1) is 15.4. The normalized spacial score (nSPS) is 10.4. The summed E-state index contributed by atoms with van der Waals surface area (Å²) < 4.78 is 10.4. The molecule has 0 unspecified atom stereocenters. The number of phenols is 2. The van der Waals surface area contributed by atoms with Gasteiger partial charge in [0.05, 0.1) is 19.8 Å². The first-order valence-corrected chi connectivity index (χ1v) is 9.95. The van der Waals surface area contributed by atoms with Crippen molar-refractivity contribution in [1.82, 2.24) is 0 Å². The molecule has 0 radical (unpaired) electrons. The highest BCUT2D eigenvalue weighted by molar-refractivity contribution is 6.14. The second-order valence-electron chi connectivity index (χ2n) is 7.11. The smallest absolute Gasteiger partial charge is 0.197 e. The number of hydrogen-bond acceptors (Lipinski definition) is 6. The lowest BCUT2D eigenvalue weighted by Gasteiger charge is -2.15. The van der Waals surface area contributed by atoms with Gasteiger partial charge in [-0.2, -0.15) is 0 Å². The molecule has 6 heteroatoms. The van der Waals surface area contributed by atoms with Crippen molar-refractivity contribution in [1.29, 1.82) is 0 Å². The molecule has 6 nitrogen and oxygen atoms in total. The zero-order valence-corrected chi connectivity index (χ0v) is 17.9. The Labute approximate surface area is 186 Å². The first kappa shape index (κ1) is 22.6. The first-order valence-electron chi connectivity index (χ1n) is 9.95. The number of aromatic hydroxyl groups is 2. The van der Waals surface area contributed by atoms with Crippen molar-refractivity contribution in [2.24, 2.45) is 0 Å². The third-order valence-electron chi connectivity index (χ3n) is 5.18. The van der Waals surface area contributed by atoms with Crippen LogP contribution in [0, 0.1) is 0 Å². The Bertz CT molecular complexity index is 1180. The number of methoxy groups -OCH3 is 2. The van der Waals surface area contributed by atoms with Crippen LogP contribution in [0.1, 0.15) is 27.9 Å². The van der Waals surface area contributed by atoms with Crippen LogP contribution in [0.25, 0.3) is 11.1 Å². The number of ether oxygens (including phenoxy) is 2. The summed E-state index contributed by atoms with van der Waals surface area (Å²) in [6, 6.07) is 14.4. The highest BCUT2D eigenvalue weighted by Crippen LogP contribution is 2.38. The molecule has 32 heavy (non-hydrogen) atoms. The van der Waals surface area contributed by atoms with E-state index >= 15 is 0 Å². The fourth-order valence-electron chi connectivity index (χ4n) is 3.47. The van der Waals surface area contributed by atoms with Crippen molar-refractivity contribution < 1.29 is 29.3 Å². The average molecular weight is 432 g/mol. The molecule has 164 valence electrons. The van der Waals surface area contributed by atoms with Crippen LogP contribution in [-0.4, -0.2) is 36.0 Å². The third-order valence-corrected chi connectivity index (χ3v) is 5.18. The minimum Gasteiger partial charge on any atom is -0.507 e. The van der Waals surface area contributed by atoms with Crippen molar-refractivity contribution in [3.8, 4) is 34.1 Å². The maximum Gasteiger partial charge on any atom is 0.197 e. The summed E-state index contributed by atoms with van der Waals surface area (Å²) in [5.41, 5.74) is 2.04. The van der Waals surface area contributed by atoms with Crippen LogP contribution in [0.15, 0.2) is 67.3 Å². The molecular weight excluding hydrogens is 408 g/mol. The van der Waals surface area contributed by atoms with Gasteiger partial charge in [-0.1, -0.05) is 30.8 Å². The molecule has 0 saturated heterocycles. The molecule has 3 aromatic rings. The van der Waals surface area contributed by atoms with Gasteiger partial charge in [0.15, 0.2) is 11.6 Å². The van der Waals surface area contributed by atoms with Crippen molar-refractivity contribution in [2.45, 2.75) is 12.8 Å². The molecule has 0 fully saturated rings. The Morgan fingerprint density at radius 2 is 1.66 bits per heavy atom. The minimum atomic E-state index is -0.403. The summed E-state index contributed by atoms with van der Waals surface area (Å²) in [6.45, 7) is 3.49. The Morgan fingerprint density at radius 1 is 0.906 bits per heavy atom. The average Bonchev–Trinajstić information content (AvgIpc) is 2.82. The molecule has 0 aliphatic heterocycles. The predicted octanol–water partition coefficient (Wildman–Crippen LogP) is 4.70. The minimum absolute atomic E-state index is 0.0696. The van der Waals surface area contributed by atoms with Gasteiger partial charge in [-0.05, 0) is 41.8 Å². The van der Waals surface area contributed by atoms with Gasteiger partial charge in [0.1, 0.15) is 23.0 Å². The zero-order valence-electron chi connectivity index (χ0n) is 17.9. The number of carbonyl (C=O) groups is 2. The van der Waals surface area contributed by atoms with E-state index in [1.807, 2.05) is 0 Å². The van der Waals surface area contributed by atoms with E-state index in [1.165, 1.54) is 38.5 Å². The van der Waals surface area contributed by atoms with Crippen LogP contribution in [0.3, 0.4) is 0 Å². The Morgan fingerprint density at radius 3 is 2.31 bits per heavy atom. The predicted molar refractivity (Wildman–Crippen MR) is 122 cm³/mol. The van der Waals surface area contributed by atoms with Gasteiger partial charge in [-0.3, -0.25) is 9.59 Å². The Kier molecular flexibility index (Phi) is 6.95. The van der Waals surface area contributed by atoms with Crippen LogP contribution in [0.4, 0.5) is 0 Å². The molecule has 0 spiro atoms. The van der Waals surface area contributed by atoms with Gasteiger partial charge in [-0.25, -0.2) is 0 Å². The molecule has 0 atom stereocenters. The van der Waals surface area contributed by atoms with Crippen LogP contribution in [0.2, 0.25) is 0 Å². The molecule has 3 rings (SSSR count). The zero-order chi connectivity index (χ0) is 23.3. The van der Waals surface area contributed by atoms with Gasteiger partial charge in [0, 0.05) is 29.7 Å². The second kappa shape index (κ2) is 9.83. The van der Waals surface area contributed by atoms with Crippen molar-refractivity contribution >= 4 is 11.6 Å². The van der Waals surface area contributed by atoms with Crippen LogP contribution < -0.4 is 9.47 Å². The van der Waals surface area contributed by atoms with E-state index in [-0.39, 0.29) is 29.3 Å². The highest BCUT2D eigenvalue weighted by atomic mass is 16.5. The van der Waals surface area contributed by atoms with Crippen molar-refractivity contribution in [3.63, 3.8) is 0 Å². The Hall–Kier alpha value is -4.06.